The van der Waals surface area contributed by atoms with Gasteiger partial charge >= 0.3 is 0 Å². The summed E-state index contributed by atoms with van der Waals surface area (Å²) in [6, 6.07) is 14.7. The molecule has 1 aliphatic heterocycles. The van der Waals surface area contributed by atoms with Crippen LogP contribution in [0.4, 0.5) is 0 Å². The van der Waals surface area contributed by atoms with Crippen molar-refractivity contribution in [2.24, 2.45) is 5.92 Å². The molecule has 0 saturated carbocycles. The van der Waals surface area contributed by atoms with Crippen LogP contribution in [0, 0.1) is 5.92 Å². The molecule has 7 heteroatoms. The van der Waals surface area contributed by atoms with Gasteiger partial charge in [0.25, 0.3) is 11.8 Å². The van der Waals surface area contributed by atoms with E-state index in [2.05, 4.69) is 13.8 Å². The molecule has 0 unspecified atom stereocenters. The highest BCUT2D eigenvalue weighted by Gasteiger charge is 2.28. The van der Waals surface area contributed by atoms with E-state index in [1.54, 1.807) is 7.11 Å². The summed E-state index contributed by atoms with van der Waals surface area (Å²) in [5, 5.41) is 0. The summed E-state index contributed by atoms with van der Waals surface area (Å²) in [6.45, 7) is 9.49. The van der Waals surface area contributed by atoms with Crippen LogP contribution in [0.5, 0.6) is 11.5 Å². The van der Waals surface area contributed by atoms with E-state index in [0.717, 1.165) is 32.1 Å². The van der Waals surface area contributed by atoms with Gasteiger partial charge in [-0.15, -0.1) is 0 Å². The van der Waals surface area contributed by atoms with E-state index >= 15 is 0 Å². The summed E-state index contributed by atoms with van der Waals surface area (Å²) in [5.41, 5.74) is 1.17. The van der Waals surface area contributed by atoms with E-state index in [0.29, 0.717) is 68.0 Å². The molecule has 0 spiro atoms. The second-order valence-electron chi connectivity index (χ2n) is 10.2. The van der Waals surface area contributed by atoms with Crippen LogP contribution in [-0.4, -0.2) is 74.2 Å². The third-order valence-corrected chi connectivity index (χ3v) is 6.82. The Morgan fingerprint density at radius 2 is 1.82 bits per heavy atom. The number of carbonyl (C=O) groups is 2. The van der Waals surface area contributed by atoms with Crippen molar-refractivity contribution < 1.29 is 23.8 Å². The zero-order chi connectivity index (χ0) is 27.3. The van der Waals surface area contributed by atoms with Gasteiger partial charge in [0.05, 0.1) is 24.8 Å². The Hall–Kier alpha value is -3.06. The minimum absolute atomic E-state index is 0.0111. The highest BCUT2D eigenvalue weighted by atomic mass is 16.5. The second kappa shape index (κ2) is 15.4. The molecule has 2 aromatic carbocycles. The standard InChI is InChI=1S/C31H44N2O5/c1-5-37-27-14-12-13-25(22-27)30(34)33-18-11-7-6-10-17-32(19-20-36-4)31(35)28-15-8-9-16-29(28)38-23-26(33)21-24(2)3/h8-9,12-16,22,24,26H,5-7,10-11,17-21,23H2,1-4H3/t26-/m0/s1. The highest BCUT2D eigenvalue weighted by Crippen LogP contribution is 2.25. The number of para-hydroxylation sites is 1. The van der Waals surface area contributed by atoms with Crippen LogP contribution < -0.4 is 9.47 Å². The normalized spacial score (nSPS) is 17.5. The molecule has 1 heterocycles. The first kappa shape index (κ1) is 29.5. The molecule has 0 fully saturated rings. The van der Waals surface area contributed by atoms with Gasteiger partial charge in [-0.25, -0.2) is 0 Å². The smallest absolute Gasteiger partial charge is 0.257 e. The van der Waals surface area contributed by atoms with Crippen molar-refractivity contribution in [2.75, 3.05) is 46.6 Å². The first-order valence-electron chi connectivity index (χ1n) is 14.0. The van der Waals surface area contributed by atoms with E-state index in [1.807, 2.05) is 65.3 Å². The predicted molar refractivity (Wildman–Crippen MR) is 150 cm³/mol. The van der Waals surface area contributed by atoms with Crippen LogP contribution in [0.1, 0.15) is 73.6 Å². The van der Waals surface area contributed by atoms with Crippen molar-refractivity contribution in [3.63, 3.8) is 0 Å². The number of amides is 2. The average molecular weight is 525 g/mol. The zero-order valence-electron chi connectivity index (χ0n) is 23.5. The van der Waals surface area contributed by atoms with Crippen molar-refractivity contribution in [3.05, 3.63) is 59.7 Å². The fourth-order valence-corrected chi connectivity index (χ4v) is 4.91. The summed E-state index contributed by atoms with van der Waals surface area (Å²) < 4.78 is 17.3. The Morgan fingerprint density at radius 3 is 2.55 bits per heavy atom. The van der Waals surface area contributed by atoms with Gasteiger partial charge < -0.3 is 24.0 Å². The summed E-state index contributed by atoms with van der Waals surface area (Å²) in [5.74, 6) is 1.56. The molecule has 0 bridgehead atoms. The maximum absolute atomic E-state index is 13.9. The van der Waals surface area contributed by atoms with E-state index in [-0.39, 0.29) is 17.9 Å². The number of ether oxygens (including phenoxy) is 3. The quantitative estimate of drug-likeness (QED) is 0.444. The lowest BCUT2D eigenvalue weighted by molar-refractivity contribution is 0.0561. The number of hydrogen-bond acceptors (Lipinski definition) is 5. The molecule has 1 atom stereocenters. The van der Waals surface area contributed by atoms with Gasteiger partial charge in [-0.1, -0.05) is 44.9 Å². The number of benzene rings is 2. The Kier molecular flexibility index (Phi) is 11.9. The largest absolute Gasteiger partial charge is 0.494 e. The number of nitrogens with zero attached hydrogens (tertiary/aromatic N) is 2. The van der Waals surface area contributed by atoms with Crippen LogP contribution in [0.25, 0.3) is 0 Å². The fraction of sp³-hybridized carbons (Fsp3) is 0.548. The van der Waals surface area contributed by atoms with E-state index in [1.165, 1.54) is 0 Å². The van der Waals surface area contributed by atoms with Crippen molar-refractivity contribution in [3.8, 4) is 11.5 Å². The summed E-state index contributed by atoms with van der Waals surface area (Å²) in [7, 11) is 1.65. The number of rotatable bonds is 8. The molecule has 208 valence electrons. The van der Waals surface area contributed by atoms with E-state index < -0.39 is 0 Å². The first-order chi connectivity index (χ1) is 18.4. The Morgan fingerprint density at radius 1 is 1.05 bits per heavy atom. The van der Waals surface area contributed by atoms with Crippen molar-refractivity contribution >= 4 is 11.8 Å². The van der Waals surface area contributed by atoms with Crippen LogP contribution in [-0.2, 0) is 4.74 Å². The lowest BCUT2D eigenvalue weighted by Crippen LogP contribution is -2.45. The average Bonchev–Trinajstić information content (AvgIpc) is 2.91. The SMILES string of the molecule is CCOc1cccc(C(=O)N2CCCCCCN(CCOC)C(=O)c3ccccc3OC[C@@H]2CC(C)C)c1. The van der Waals surface area contributed by atoms with Crippen LogP contribution in [0.3, 0.4) is 0 Å². The molecular weight excluding hydrogens is 480 g/mol. The van der Waals surface area contributed by atoms with Gasteiger partial charge in [0.2, 0.25) is 0 Å². The molecule has 0 aromatic heterocycles. The summed E-state index contributed by atoms with van der Waals surface area (Å²) in [6.07, 6.45) is 4.58. The highest BCUT2D eigenvalue weighted by molar-refractivity contribution is 5.97. The topological polar surface area (TPSA) is 68.3 Å². The lowest BCUT2D eigenvalue weighted by Gasteiger charge is -2.34. The van der Waals surface area contributed by atoms with Gasteiger partial charge in [0, 0.05) is 32.3 Å². The number of hydrogen-bond donors (Lipinski definition) is 0. The van der Waals surface area contributed by atoms with Crippen molar-refractivity contribution in [2.45, 2.75) is 58.9 Å². The third kappa shape index (κ3) is 8.48. The van der Waals surface area contributed by atoms with Gasteiger partial charge in [0.1, 0.15) is 18.1 Å². The molecule has 2 aromatic rings. The third-order valence-electron chi connectivity index (χ3n) is 6.82. The van der Waals surface area contributed by atoms with Gasteiger partial charge in [-0.3, -0.25) is 9.59 Å². The monoisotopic (exact) mass is 524 g/mol. The fourth-order valence-electron chi connectivity index (χ4n) is 4.91. The van der Waals surface area contributed by atoms with Gasteiger partial charge in [-0.2, -0.15) is 0 Å². The summed E-state index contributed by atoms with van der Waals surface area (Å²) in [4.78, 5) is 31.2. The van der Waals surface area contributed by atoms with Crippen LogP contribution in [0.15, 0.2) is 48.5 Å². The molecule has 0 radical (unpaired) electrons. The van der Waals surface area contributed by atoms with Gasteiger partial charge in [0.15, 0.2) is 0 Å². The van der Waals surface area contributed by atoms with Crippen LogP contribution in [0.2, 0.25) is 0 Å². The lowest BCUT2D eigenvalue weighted by atomic mass is 10.0. The zero-order valence-corrected chi connectivity index (χ0v) is 23.5. The van der Waals surface area contributed by atoms with Crippen LogP contribution >= 0.6 is 0 Å². The van der Waals surface area contributed by atoms with E-state index in [9.17, 15) is 9.59 Å². The number of methoxy groups -OCH3 is 1. The number of carbonyl (C=O) groups excluding carboxylic acids is 2. The molecule has 1 aliphatic rings. The molecule has 7 nitrogen and oxygen atoms in total. The van der Waals surface area contributed by atoms with Crippen molar-refractivity contribution in [1.29, 1.82) is 0 Å². The minimum Gasteiger partial charge on any atom is -0.494 e. The Bertz CT molecular complexity index is 1020. The van der Waals surface area contributed by atoms with Crippen molar-refractivity contribution in [1.82, 2.24) is 9.80 Å². The Balaban J connectivity index is 1.92. The molecular formula is C31H44N2O5. The Labute approximate surface area is 228 Å². The minimum atomic E-state index is -0.131. The summed E-state index contributed by atoms with van der Waals surface area (Å²) >= 11 is 0. The maximum atomic E-state index is 13.9. The molecule has 38 heavy (non-hydrogen) atoms. The maximum Gasteiger partial charge on any atom is 0.257 e. The number of fused-ring (bicyclic) bond motifs is 1. The molecule has 0 N–H and O–H groups in total. The molecule has 0 saturated heterocycles. The second-order valence-corrected chi connectivity index (χ2v) is 10.2. The molecule has 3 rings (SSSR count). The van der Waals surface area contributed by atoms with E-state index in [4.69, 9.17) is 14.2 Å². The van der Waals surface area contributed by atoms with Gasteiger partial charge in [-0.05, 0) is 62.4 Å². The predicted octanol–water partition coefficient (Wildman–Crippen LogP) is 5.68. The molecule has 0 aliphatic carbocycles. The first-order valence-corrected chi connectivity index (χ1v) is 14.0. The molecule has 2 amide bonds.